The van der Waals surface area contributed by atoms with Crippen LogP contribution in [-0.2, 0) is 19.3 Å². The van der Waals surface area contributed by atoms with Gasteiger partial charge in [0.15, 0.2) is 0 Å². The van der Waals surface area contributed by atoms with Crippen molar-refractivity contribution in [1.29, 1.82) is 0 Å². The van der Waals surface area contributed by atoms with E-state index in [4.69, 9.17) is 23.2 Å². The molecule has 0 radical (unpaired) electrons. The summed E-state index contributed by atoms with van der Waals surface area (Å²) in [5.41, 5.74) is 1.21. The first-order valence-corrected chi connectivity index (χ1v) is 9.11. The number of rotatable bonds is 4. The third-order valence-corrected chi connectivity index (χ3v) is 5.25. The zero-order chi connectivity index (χ0) is 18.7. The van der Waals surface area contributed by atoms with Gasteiger partial charge in [0.25, 0.3) is 0 Å². The summed E-state index contributed by atoms with van der Waals surface area (Å²) >= 11 is 12.0. The number of benzene rings is 2. The monoisotopic (exact) mass is 402 g/mol. The molecule has 0 N–H and O–H groups in total. The second-order valence-corrected chi connectivity index (χ2v) is 7.31. The van der Waals surface area contributed by atoms with Gasteiger partial charge in [0, 0.05) is 39.3 Å². The van der Waals surface area contributed by atoms with E-state index in [9.17, 15) is 13.2 Å². The van der Waals surface area contributed by atoms with Crippen molar-refractivity contribution in [3.8, 4) is 0 Å². The third kappa shape index (κ3) is 5.13. The van der Waals surface area contributed by atoms with Gasteiger partial charge in [-0.2, -0.15) is 13.2 Å². The van der Waals surface area contributed by atoms with Crippen molar-refractivity contribution in [2.75, 3.05) is 26.2 Å². The summed E-state index contributed by atoms with van der Waals surface area (Å²) in [6, 6.07) is 11.2. The largest absolute Gasteiger partial charge is 0.416 e. The van der Waals surface area contributed by atoms with Crippen LogP contribution in [0.15, 0.2) is 42.5 Å². The maximum atomic E-state index is 12.8. The summed E-state index contributed by atoms with van der Waals surface area (Å²) in [5.74, 6) is 0. The first-order valence-electron chi connectivity index (χ1n) is 8.36. The lowest BCUT2D eigenvalue weighted by Gasteiger charge is -2.34. The number of nitrogens with zero attached hydrogens (tertiary/aromatic N) is 2. The van der Waals surface area contributed by atoms with E-state index in [1.165, 1.54) is 12.1 Å². The quantitative estimate of drug-likeness (QED) is 0.681. The average molecular weight is 403 g/mol. The van der Waals surface area contributed by atoms with Crippen LogP contribution in [0.4, 0.5) is 13.2 Å². The lowest BCUT2D eigenvalue weighted by atomic mass is 10.1. The van der Waals surface area contributed by atoms with Gasteiger partial charge in [-0.15, -0.1) is 0 Å². The Bertz CT molecular complexity index is 757. The number of hydrogen-bond acceptors (Lipinski definition) is 2. The van der Waals surface area contributed by atoms with Crippen LogP contribution >= 0.6 is 23.2 Å². The Morgan fingerprint density at radius 1 is 0.769 bits per heavy atom. The van der Waals surface area contributed by atoms with Crippen molar-refractivity contribution in [2.45, 2.75) is 19.3 Å². The molecule has 2 aromatic carbocycles. The summed E-state index contributed by atoms with van der Waals surface area (Å²) in [4.78, 5) is 4.49. The molecule has 7 heteroatoms. The summed E-state index contributed by atoms with van der Waals surface area (Å²) < 4.78 is 38.5. The van der Waals surface area contributed by atoms with Crippen molar-refractivity contribution in [3.05, 3.63) is 69.2 Å². The molecule has 0 atom stereocenters. The van der Waals surface area contributed by atoms with Crippen LogP contribution in [0.1, 0.15) is 16.7 Å². The molecule has 2 nitrogen and oxygen atoms in total. The van der Waals surface area contributed by atoms with Crippen LogP contribution in [-0.4, -0.2) is 36.0 Å². The third-order valence-electron chi connectivity index (χ3n) is 4.52. The normalized spacial score (nSPS) is 16.8. The number of alkyl halides is 3. The summed E-state index contributed by atoms with van der Waals surface area (Å²) in [6.45, 7) is 4.67. The van der Waals surface area contributed by atoms with Gasteiger partial charge in [-0.3, -0.25) is 9.80 Å². The van der Waals surface area contributed by atoms with Gasteiger partial charge in [0.2, 0.25) is 0 Å². The highest BCUT2D eigenvalue weighted by molar-refractivity contribution is 6.42. The predicted octanol–water partition coefficient (Wildman–Crippen LogP) is 5.33. The summed E-state index contributed by atoms with van der Waals surface area (Å²) in [5, 5.41) is 1.09. The first-order chi connectivity index (χ1) is 12.3. The molecule has 1 aliphatic heterocycles. The van der Waals surface area contributed by atoms with Crippen LogP contribution in [0.3, 0.4) is 0 Å². The topological polar surface area (TPSA) is 6.48 Å². The molecule has 26 heavy (non-hydrogen) atoms. The van der Waals surface area contributed by atoms with Gasteiger partial charge in [-0.1, -0.05) is 47.5 Å². The fraction of sp³-hybridized carbons (Fsp3) is 0.368. The van der Waals surface area contributed by atoms with Crippen molar-refractivity contribution in [2.24, 2.45) is 0 Å². The molecule has 3 rings (SSSR count). The fourth-order valence-electron chi connectivity index (χ4n) is 3.11. The van der Waals surface area contributed by atoms with E-state index >= 15 is 0 Å². The Labute approximate surface area is 161 Å². The number of halogens is 5. The van der Waals surface area contributed by atoms with E-state index in [0.717, 1.165) is 44.4 Å². The Balaban J connectivity index is 1.53. The van der Waals surface area contributed by atoms with Crippen LogP contribution < -0.4 is 0 Å². The van der Waals surface area contributed by atoms with E-state index in [1.807, 2.05) is 12.1 Å². The average Bonchev–Trinajstić information content (AvgIpc) is 2.59. The standard InChI is InChI=1S/C19H19Cl2F3N2/c20-17-5-4-15(11-18(17)21)13-26-8-6-25(7-9-26)12-14-2-1-3-16(10-14)19(22,23)24/h1-5,10-11H,6-9,12-13H2. The van der Waals surface area contributed by atoms with E-state index in [0.29, 0.717) is 22.2 Å². The smallest absolute Gasteiger partial charge is 0.297 e. The van der Waals surface area contributed by atoms with Gasteiger partial charge < -0.3 is 0 Å². The highest BCUT2D eigenvalue weighted by atomic mass is 35.5. The van der Waals surface area contributed by atoms with Crippen LogP contribution in [0.25, 0.3) is 0 Å². The molecule has 0 amide bonds. The Morgan fingerprint density at radius 3 is 1.88 bits per heavy atom. The van der Waals surface area contributed by atoms with E-state index in [1.54, 1.807) is 12.1 Å². The highest BCUT2D eigenvalue weighted by Crippen LogP contribution is 2.30. The zero-order valence-corrected chi connectivity index (χ0v) is 15.6. The van der Waals surface area contributed by atoms with Gasteiger partial charge in [0.1, 0.15) is 0 Å². The predicted molar refractivity (Wildman–Crippen MR) is 98.5 cm³/mol. The van der Waals surface area contributed by atoms with Gasteiger partial charge >= 0.3 is 6.18 Å². The minimum atomic E-state index is -4.30. The fourth-order valence-corrected chi connectivity index (χ4v) is 3.43. The van der Waals surface area contributed by atoms with E-state index in [2.05, 4.69) is 9.80 Å². The second kappa shape index (κ2) is 8.17. The SMILES string of the molecule is FC(F)(F)c1cccc(CN2CCN(Cc3ccc(Cl)c(Cl)c3)CC2)c1. The maximum absolute atomic E-state index is 12.8. The van der Waals surface area contributed by atoms with Crippen molar-refractivity contribution < 1.29 is 13.2 Å². The van der Waals surface area contributed by atoms with Crippen LogP contribution in [0.2, 0.25) is 10.0 Å². The molecule has 0 spiro atoms. The molecule has 1 fully saturated rings. The molecular formula is C19H19Cl2F3N2. The molecule has 0 unspecified atom stereocenters. The van der Waals surface area contributed by atoms with Crippen molar-refractivity contribution in [1.82, 2.24) is 9.80 Å². The van der Waals surface area contributed by atoms with Crippen molar-refractivity contribution >= 4 is 23.2 Å². The summed E-state index contributed by atoms with van der Waals surface area (Å²) in [6.07, 6.45) is -4.30. The Hall–Kier alpha value is -1.27. The second-order valence-electron chi connectivity index (χ2n) is 6.50. The lowest BCUT2D eigenvalue weighted by Crippen LogP contribution is -2.45. The molecule has 0 bridgehead atoms. The molecule has 1 saturated heterocycles. The molecule has 1 heterocycles. The minimum Gasteiger partial charge on any atom is -0.297 e. The van der Waals surface area contributed by atoms with Gasteiger partial charge in [-0.25, -0.2) is 0 Å². The lowest BCUT2D eigenvalue weighted by molar-refractivity contribution is -0.137. The molecule has 2 aromatic rings. The first kappa shape index (κ1) is 19.5. The molecule has 1 aliphatic rings. The maximum Gasteiger partial charge on any atom is 0.416 e. The Kier molecular flexibility index (Phi) is 6.13. The molecule has 0 aromatic heterocycles. The van der Waals surface area contributed by atoms with Crippen molar-refractivity contribution in [3.63, 3.8) is 0 Å². The minimum absolute atomic E-state index is 0.532. The molecular weight excluding hydrogens is 384 g/mol. The zero-order valence-electron chi connectivity index (χ0n) is 14.1. The van der Waals surface area contributed by atoms with E-state index < -0.39 is 11.7 Å². The van der Waals surface area contributed by atoms with Crippen LogP contribution in [0, 0.1) is 0 Å². The van der Waals surface area contributed by atoms with E-state index in [-0.39, 0.29) is 0 Å². The van der Waals surface area contributed by atoms with Crippen LogP contribution in [0.5, 0.6) is 0 Å². The number of hydrogen-bond donors (Lipinski definition) is 0. The number of piperazine rings is 1. The Morgan fingerprint density at radius 2 is 1.35 bits per heavy atom. The van der Waals surface area contributed by atoms with Gasteiger partial charge in [-0.05, 0) is 29.3 Å². The summed E-state index contributed by atoms with van der Waals surface area (Å²) in [7, 11) is 0. The molecule has 140 valence electrons. The molecule has 0 aliphatic carbocycles. The van der Waals surface area contributed by atoms with Gasteiger partial charge in [0.05, 0.1) is 15.6 Å². The highest BCUT2D eigenvalue weighted by Gasteiger charge is 2.30. The molecule has 0 saturated carbocycles.